The minimum absolute atomic E-state index is 0.0883. The lowest BCUT2D eigenvalue weighted by molar-refractivity contribution is 0.0952. The van der Waals surface area contributed by atoms with Crippen LogP contribution in [-0.4, -0.2) is 26.2 Å². The average Bonchev–Trinajstić information content (AvgIpc) is 2.49. The topological polar surface area (TPSA) is 47.6 Å². The van der Waals surface area contributed by atoms with Crippen LogP contribution in [0.25, 0.3) is 0 Å². The van der Waals surface area contributed by atoms with E-state index in [1.54, 1.807) is 31.4 Å². The van der Waals surface area contributed by atoms with E-state index in [-0.39, 0.29) is 5.91 Å². The number of unbranched alkanes of at least 4 members (excludes halogenated alkanes) is 2. The third-order valence-corrected chi connectivity index (χ3v) is 2.85. The van der Waals surface area contributed by atoms with Crippen molar-refractivity contribution in [2.75, 3.05) is 20.3 Å². The largest absolute Gasteiger partial charge is 0.493 e. The van der Waals surface area contributed by atoms with Gasteiger partial charge >= 0.3 is 0 Å². The van der Waals surface area contributed by atoms with Crippen LogP contribution in [0.2, 0.25) is 0 Å². The number of rotatable bonds is 9. The standard InChI is InChI=1S/C16H23NO3/c1-4-6-7-10-17-16(18)13-8-9-14(20-11-5-2)15(12-13)19-3/h5,8-9,12H,2,4,6-7,10-11H2,1,3H3,(H,17,18). The molecule has 0 spiro atoms. The Kier molecular flexibility index (Phi) is 7.25. The van der Waals surface area contributed by atoms with Crippen LogP contribution in [-0.2, 0) is 0 Å². The van der Waals surface area contributed by atoms with E-state index in [9.17, 15) is 4.79 Å². The molecule has 0 bridgehead atoms. The molecule has 4 heteroatoms. The second-order valence-electron chi connectivity index (χ2n) is 4.43. The second-order valence-corrected chi connectivity index (χ2v) is 4.43. The number of carbonyl (C=O) groups is 1. The van der Waals surface area contributed by atoms with E-state index in [0.29, 0.717) is 30.2 Å². The Hall–Kier alpha value is -1.97. The molecular weight excluding hydrogens is 254 g/mol. The molecule has 0 aliphatic heterocycles. The number of nitrogens with one attached hydrogen (secondary N) is 1. The predicted octanol–water partition coefficient (Wildman–Crippen LogP) is 3.18. The van der Waals surface area contributed by atoms with Crippen LogP contribution in [0.1, 0.15) is 36.5 Å². The molecule has 1 aromatic carbocycles. The summed E-state index contributed by atoms with van der Waals surface area (Å²) in [5, 5.41) is 2.90. The van der Waals surface area contributed by atoms with Gasteiger partial charge in [0.1, 0.15) is 6.61 Å². The molecule has 0 unspecified atom stereocenters. The Labute approximate surface area is 120 Å². The van der Waals surface area contributed by atoms with Crippen molar-refractivity contribution in [3.8, 4) is 11.5 Å². The number of carbonyl (C=O) groups excluding carboxylic acids is 1. The summed E-state index contributed by atoms with van der Waals surface area (Å²) in [5.74, 6) is 1.07. The first-order chi connectivity index (χ1) is 9.72. The molecule has 0 fully saturated rings. The normalized spacial score (nSPS) is 9.90. The fraction of sp³-hybridized carbons (Fsp3) is 0.438. The van der Waals surface area contributed by atoms with Crippen molar-refractivity contribution in [2.24, 2.45) is 0 Å². The van der Waals surface area contributed by atoms with Gasteiger partial charge in [0.05, 0.1) is 7.11 Å². The summed E-state index contributed by atoms with van der Waals surface area (Å²) in [6, 6.07) is 5.16. The lowest BCUT2D eigenvalue weighted by atomic mass is 10.2. The van der Waals surface area contributed by atoms with Gasteiger partial charge in [0.25, 0.3) is 5.91 Å². The van der Waals surface area contributed by atoms with Crippen LogP contribution >= 0.6 is 0 Å². The van der Waals surface area contributed by atoms with E-state index >= 15 is 0 Å². The van der Waals surface area contributed by atoms with Crippen LogP contribution in [0.15, 0.2) is 30.9 Å². The zero-order chi connectivity index (χ0) is 14.8. The highest BCUT2D eigenvalue weighted by Crippen LogP contribution is 2.28. The summed E-state index contributed by atoms with van der Waals surface area (Å²) >= 11 is 0. The fourth-order valence-electron chi connectivity index (χ4n) is 1.76. The summed E-state index contributed by atoms with van der Waals surface area (Å²) in [4.78, 5) is 12.0. The summed E-state index contributed by atoms with van der Waals surface area (Å²) in [6.07, 6.45) is 4.92. The smallest absolute Gasteiger partial charge is 0.251 e. The molecular formula is C16H23NO3. The Bertz CT molecular complexity index is 443. The van der Waals surface area contributed by atoms with E-state index in [4.69, 9.17) is 9.47 Å². The van der Waals surface area contributed by atoms with Crippen molar-refractivity contribution in [1.82, 2.24) is 5.32 Å². The molecule has 1 rings (SSSR count). The summed E-state index contributed by atoms with van der Waals surface area (Å²) in [5.41, 5.74) is 0.573. The molecule has 0 saturated carbocycles. The monoisotopic (exact) mass is 277 g/mol. The summed E-state index contributed by atoms with van der Waals surface area (Å²) < 4.78 is 10.7. The third-order valence-electron chi connectivity index (χ3n) is 2.85. The first-order valence-electron chi connectivity index (χ1n) is 6.92. The molecule has 4 nitrogen and oxygen atoms in total. The number of hydrogen-bond donors (Lipinski definition) is 1. The van der Waals surface area contributed by atoms with Gasteiger partial charge < -0.3 is 14.8 Å². The third kappa shape index (κ3) is 4.96. The van der Waals surface area contributed by atoms with Crippen molar-refractivity contribution in [2.45, 2.75) is 26.2 Å². The van der Waals surface area contributed by atoms with Crippen LogP contribution in [0, 0.1) is 0 Å². The second kappa shape index (κ2) is 9.02. The number of ether oxygens (including phenoxy) is 2. The molecule has 110 valence electrons. The van der Waals surface area contributed by atoms with E-state index in [1.165, 1.54) is 0 Å². The Balaban J connectivity index is 2.66. The highest BCUT2D eigenvalue weighted by atomic mass is 16.5. The van der Waals surface area contributed by atoms with E-state index in [1.807, 2.05) is 0 Å². The van der Waals surface area contributed by atoms with Crippen LogP contribution < -0.4 is 14.8 Å². The van der Waals surface area contributed by atoms with Gasteiger partial charge in [0, 0.05) is 12.1 Å². The van der Waals surface area contributed by atoms with Crippen LogP contribution in [0.3, 0.4) is 0 Å². The molecule has 0 aliphatic rings. The molecule has 0 radical (unpaired) electrons. The van der Waals surface area contributed by atoms with Gasteiger partial charge in [-0.2, -0.15) is 0 Å². The molecule has 1 amide bonds. The Morgan fingerprint density at radius 1 is 1.35 bits per heavy atom. The maximum absolute atomic E-state index is 12.0. The lowest BCUT2D eigenvalue weighted by Crippen LogP contribution is -2.24. The Morgan fingerprint density at radius 2 is 2.15 bits per heavy atom. The maximum atomic E-state index is 12.0. The molecule has 0 atom stereocenters. The van der Waals surface area contributed by atoms with Crippen LogP contribution in [0.4, 0.5) is 0 Å². The maximum Gasteiger partial charge on any atom is 0.251 e. The van der Waals surface area contributed by atoms with Gasteiger partial charge in [0.2, 0.25) is 0 Å². The highest BCUT2D eigenvalue weighted by molar-refractivity contribution is 5.94. The van der Waals surface area contributed by atoms with E-state index in [0.717, 1.165) is 19.3 Å². The van der Waals surface area contributed by atoms with Gasteiger partial charge in [-0.25, -0.2) is 0 Å². The Morgan fingerprint density at radius 3 is 2.80 bits per heavy atom. The first-order valence-corrected chi connectivity index (χ1v) is 6.92. The molecule has 1 aromatic rings. The molecule has 1 N–H and O–H groups in total. The zero-order valence-electron chi connectivity index (χ0n) is 12.3. The van der Waals surface area contributed by atoms with Gasteiger partial charge in [-0.05, 0) is 24.6 Å². The van der Waals surface area contributed by atoms with Gasteiger partial charge in [-0.15, -0.1) is 0 Å². The number of amides is 1. The van der Waals surface area contributed by atoms with Gasteiger partial charge in [-0.1, -0.05) is 32.4 Å². The minimum atomic E-state index is -0.0883. The van der Waals surface area contributed by atoms with Gasteiger partial charge in [-0.3, -0.25) is 4.79 Å². The quantitative estimate of drug-likeness (QED) is 0.557. The van der Waals surface area contributed by atoms with Crippen molar-refractivity contribution < 1.29 is 14.3 Å². The number of benzene rings is 1. The summed E-state index contributed by atoms with van der Waals surface area (Å²) in [7, 11) is 1.55. The lowest BCUT2D eigenvalue weighted by Gasteiger charge is -2.11. The van der Waals surface area contributed by atoms with Crippen LogP contribution in [0.5, 0.6) is 11.5 Å². The predicted molar refractivity (Wildman–Crippen MR) is 80.5 cm³/mol. The highest BCUT2D eigenvalue weighted by Gasteiger charge is 2.10. The van der Waals surface area contributed by atoms with Crippen molar-refractivity contribution in [1.29, 1.82) is 0 Å². The van der Waals surface area contributed by atoms with Crippen molar-refractivity contribution in [3.05, 3.63) is 36.4 Å². The summed E-state index contributed by atoms with van der Waals surface area (Å²) in [6.45, 7) is 6.83. The van der Waals surface area contributed by atoms with E-state index in [2.05, 4.69) is 18.8 Å². The number of methoxy groups -OCH3 is 1. The van der Waals surface area contributed by atoms with Crippen molar-refractivity contribution >= 4 is 5.91 Å². The van der Waals surface area contributed by atoms with E-state index < -0.39 is 0 Å². The molecule has 0 heterocycles. The first kappa shape index (κ1) is 16.1. The molecule has 0 aromatic heterocycles. The minimum Gasteiger partial charge on any atom is -0.493 e. The fourth-order valence-corrected chi connectivity index (χ4v) is 1.76. The van der Waals surface area contributed by atoms with Crippen molar-refractivity contribution in [3.63, 3.8) is 0 Å². The number of hydrogen-bond acceptors (Lipinski definition) is 3. The molecule has 0 aliphatic carbocycles. The zero-order valence-corrected chi connectivity index (χ0v) is 12.3. The average molecular weight is 277 g/mol. The SMILES string of the molecule is C=CCOc1ccc(C(=O)NCCCCC)cc1OC. The molecule has 20 heavy (non-hydrogen) atoms. The molecule has 0 saturated heterocycles. The van der Waals surface area contributed by atoms with Gasteiger partial charge in [0.15, 0.2) is 11.5 Å².